The van der Waals surface area contributed by atoms with Gasteiger partial charge in [-0.05, 0) is 12.1 Å². The smallest absolute Gasteiger partial charge is 0.250 e. The van der Waals surface area contributed by atoms with Crippen LogP contribution < -0.4 is 5.32 Å². The Kier molecular flexibility index (Phi) is 5.92. The summed E-state index contributed by atoms with van der Waals surface area (Å²) in [7, 11) is 1.56. The number of rotatable bonds is 7. The van der Waals surface area contributed by atoms with Crippen molar-refractivity contribution in [2.75, 3.05) is 32.2 Å². The Morgan fingerprint density at radius 1 is 1.41 bits per heavy atom. The average Bonchev–Trinajstić information content (AvgIpc) is 2.35. The molecule has 0 radical (unpaired) electrons. The number of hydrogen-bond acceptors (Lipinski definition) is 4. The molecule has 5 nitrogen and oxygen atoms in total. The largest absolute Gasteiger partial charge is 0.382 e. The van der Waals surface area contributed by atoms with E-state index in [1.54, 1.807) is 31.4 Å². The lowest BCUT2D eigenvalue weighted by Gasteiger charge is -2.06. The predicted octanol–water partition coefficient (Wildman–Crippen LogP) is 1.10. The molecule has 0 aliphatic heterocycles. The van der Waals surface area contributed by atoms with Crippen LogP contribution in [0.4, 0.5) is 5.69 Å². The van der Waals surface area contributed by atoms with Crippen molar-refractivity contribution < 1.29 is 19.1 Å². The molecule has 0 spiro atoms. The van der Waals surface area contributed by atoms with Crippen LogP contribution in [0.5, 0.6) is 0 Å². The maximum Gasteiger partial charge on any atom is 0.250 e. The summed E-state index contributed by atoms with van der Waals surface area (Å²) < 4.78 is 9.83. The van der Waals surface area contributed by atoms with E-state index in [4.69, 9.17) is 9.47 Å². The van der Waals surface area contributed by atoms with Gasteiger partial charge in [-0.2, -0.15) is 0 Å². The molecule has 0 saturated heterocycles. The topological polar surface area (TPSA) is 64.6 Å². The van der Waals surface area contributed by atoms with Crippen molar-refractivity contribution in [3.8, 4) is 0 Å². The Morgan fingerprint density at radius 3 is 2.94 bits per heavy atom. The number of anilines is 1. The van der Waals surface area contributed by atoms with Gasteiger partial charge < -0.3 is 14.8 Å². The number of hydrogen-bond donors (Lipinski definition) is 1. The first kappa shape index (κ1) is 13.3. The zero-order chi connectivity index (χ0) is 12.5. The summed E-state index contributed by atoms with van der Waals surface area (Å²) in [5, 5.41) is 2.63. The molecule has 5 heteroatoms. The molecule has 92 valence electrons. The fourth-order valence-corrected chi connectivity index (χ4v) is 1.19. The number of benzene rings is 1. The molecular formula is C12H15NO4. The van der Waals surface area contributed by atoms with Crippen LogP contribution in [0, 0.1) is 0 Å². The summed E-state index contributed by atoms with van der Waals surface area (Å²) in [5.41, 5.74) is 1.10. The molecule has 0 heterocycles. The normalized spacial score (nSPS) is 9.94. The average molecular weight is 237 g/mol. The quantitative estimate of drug-likeness (QED) is 0.569. The van der Waals surface area contributed by atoms with Crippen molar-refractivity contribution in [3.05, 3.63) is 29.8 Å². The van der Waals surface area contributed by atoms with Gasteiger partial charge in [0.05, 0.1) is 13.2 Å². The summed E-state index contributed by atoms with van der Waals surface area (Å²) in [6, 6.07) is 6.67. The SMILES string of the molecule is COCCOCC(=O)Nc1cccc(C=O)c1. The minimum Gasteiger partial charge on any atom is -0.382 e. The third-order valence-electron chi connectivity index (χ3n) is 1.97. The van der Waals surface area contributed by atoms with Crippen molar-refractivity contribution >= 4 is 17.9 Å². The molecule has 1 rings (SSSR count). The second-order valence-electron chi connectivity index (χ2n) is 3.34. The van der Waals surface area contributed by atoms with Crippen LogP contribution in [0.15, 0.2) is 24.3 Å². The highest BCUT2D eigenvalue weighted by atomic mass is 16.5. The number of ether oxygens (including phenoxy) is 2. The first-order valence-electron chi connectivity index (χ1n) is 5.18. The molecule has 0 aliphatic rings. The molecule has 0 aromatic heterocycles. The standard InChI is InChI=1S/C12H15NO4/c1-16-5-6-17-9-12(15)13-11-4-2-3-10(7-11)8-14/h2-4,7-8H,5-6,9H2,1H3,(H,13,15). The summed E-state index contributed by atoms with van der Waals surface area (Å²) >= 11 is 0. The molecule has 1 N–H and O–H groups in total. The number of carbonyl (C=O) groups excluding carboxylic acids is 2. The van der Waals surface area contributed by atoms with Crippen LogP contribution in [-0.4, -0.2) is 39.1 Å². The van der Waals surface area contributed by atoms with Crippen molar-refractivity contribution in [1.82, 2.24) is 0 Å². The van der Waals surface area contributed by atoms with Crippen LogP contribution in [0.3, 0.4) is 0 Å². The fourth-order valence-electron chi connectivity index (χ4n) is 1.19. The summed E-state index contributed by atoms with van der Waals surface area (Å²) in [4.78, 5) is 21.9. The van der Waals surface area contributed by atoms with E-state index in [2.05, 4.69) is 5.32 Å². The minimum absolute atomic E-state index is 0.0331. The van der Waals surface area contributed by atoms with E-state index >= 15 is 0 Å². The molecule has 0 atom stereocenters. The van der Waals surface area contributed by atoms with Gasteiger partial charge in [0.2, 0.25) is 5.91 Å². The first-order valence-corrected chi connectivity index (χ1v) is 5.18. The van der Waals surface area contributed by atoms with Gasteiger partial charge in [-0.1, -0.05) is 12.1 Å². The van der Waals surface area contributed by atoms with Gasteiger partial charge in [-0.25, -0.2) is 0 Å². The zero-order valence-electron chi connectivity index (χ0n) is 9.64. The molecule has 1 amide bonds. The van der Waals surface area contributed by atoms with Crippen molar-refractivity contribution in [2.24, 2.45) is 0 Å². The Balaban J connectivity index is 2.36. The van der Waals surface area contributed by atoms with Gasteiger partial charge in [0.25, 0.3) is 0 Å². The van der Waals surface area contributed by atoms with Gasteiger partial charge in [0.15, 0.2) is 0 Å². The van der Waals surface area contributed by atoms with Gasteiger partial charge in [0, 0.05) is 18.4 Å². The van der Waals surface area contributed by atoms with E-state index in [0.717, 1.165) is 6.29 Å². The number of amides is 1. The van der Waals surface area contributed by atoms with Crippen LogP contribution in [-0.2, 0) is 14.3 Å². The third-order valence-corrected chi connectivity index (χ3v) is 1.97. The van der Waals surface area contributed by atoms with Crippen LogP contribution in [0.25, 0.3) is 0 Å². The van der Waals surface area contributed by atoms with E-state index in [1.165, 1.54) is 0 Å². The van der Waals surface area contributed by atoms with E-state index in [-0.39, 0.29) is 12.5 Å². The highest BCUT2D eigenvalue weighted by molar-refractivity contribution is 5.92. The summed E-state index contributed by atoms with van der Waals surface area (Å²) in [6.45, 7) is 0.793. The van der Waals surface area contributed by atoms with Crippen LogP contribution in [0.1, 0.15) is 10.4 Å². The Morgan fingerprint density at radius 2 is 2.24 bits per heavy atom. The molecule has 1 aromatic rings. The van der Waals surface area contributed by atoms with Crippen LogP contribution >= 0.6 is 0 Å². The van der Waals surface area contributed by atoms with Crippen molar-refractivity contribution in [3.63, 3.8) is 0 Å². The first-order chi connectivity index (χ1) is 8.26. The summed E-state index contributed by atoms with van der Waals surface area (Å²) in [5.74, 6) is -0.260. The third kappa shape index (κ3) is 5.24. The van der Waals surface area contributed by atoms with E-state index in [1.807, 2.05) is 0 Å². The molecule has 0 saturated carbocycles. The van der Waals surface area contributed by atoms with Gasteiger partial charge >= 0.3 is 0 Å². The minimum atomic E-state index is -0.260. The highest BCUT2D eigenvalue weighted by Gasteiger charge is 2.02. The predicted molar refractivity (Wildman–Crippen MR) is 63.2 cm³/mol. The molecule has 0 fully saturated rings. The van der Waals surface area contributed by atoms with Crippen LogP contribution in [0.2, 0.25) is 0 Å². The lowest BCUT2D eigenvalue weighted by molar-refractivity contribution is -0.121. The van der Waals surface area contributed by atoms with E-state index < -0.39 is 0 Å². The second-order valence-corrected chi connectivity index (χ2v) is 3.34. The number of aldehydes is 1. The molecule has 0 aliphatic carbocycles. The number of methoxy groups -OCH3 is 1. The van der Waals surface area contributed by atoms with Crippen molar-refractivity contribution in [2.45, 2.75) is 0 Å². The molecule has 0 unspecified atom stereocenters. The second kappa shape index (κ2) is 7.54. The maximum atomic E-state index is 11.4. The number of nitrogens with one attached hydrogen (secondary N) is 1. The van der Waals surface area contributed by atoms with Gasteiger partial charge in [-0.15, -0.1) is 0 Å². The monoisotopic (exact) mass is 237 g/mol. The zero-order valence-corrected chi connectivity index (χ0v) is 9.64. The van der Waals surface area contributed by atoms with E-state index in [9.17, 15) is 9.59 Å². The van der Waals surface area contributed by atoms with E-state index in [0.29, 0.717) is 24.5 Å². The molecule has 17 heavy (non-hydrogen) atoms. The molecular weight excluding hydrogens is 222 g/mol. The van der Waals surface area contributed by atoms with Crippen molar-refractivity contribution in [1.29, 1.82) is 0 Å². The lowest BCUT2D eigenvalue weighted by atomic mass is 10.2. The molecule has 1 aromatic carbocycles. The van der Waals surface area contributed by atoms with Gasteiger partial charge in [-0.3, -0.25) is 9.59 Å². The fraction of sp³-hybridized carbons (Fsp3) is 0.333. The highest BCUT2D eigenvalue weighted by Crippen LogP contribution is 2.08. The Labute approximate surface area is 99.7 Å². The summed E-state index contributed by atoms with van der Waals surface area (Å²) in [6.07, 6.45) is 0.727. The molecule has 0 bridgehead atoms. The Hall–Kier alpha value is -1.72. The Bertz CT molecular complexity index is 379. The maximum absolute atomic E-state index is 11.4. The van der Waals surface area contributed by atoms with Gasteiger partial charge in [0.1, 0.15) is 12.9 Å². The lowest BCUT2D eigenvalue weighted by Crippen LogP contribution is -2.19. The number of carbonyl (C=O) groups is 2.